The molecule has 20 heavy (non-hydrogen) atoms. The molecule has 1 aliphatic heterocycles. The van der Waals surface area contributed by atoms with E-state index in [0.29, 0.717) is 0 Å². The molecule has 0 spiro atoms. The minimum absolute atomic E-state index is 0.0664. The first kappa shape index (κ1) is 16.2. The van der Waals surface area contributed by atoms with Crippen molar-refractivity contribution in [2.75, 3.05) is 26.2 Å². The summed E-state index contributed by atoms with van der Waals surface area (Å²) in [4.78, 5) is 3.77. The number of nitrogens with one attached hydrogen (secondary N) is 1. The molecule has 0 aromatic carbocycles. The number of hydrogen-bond donors (Lipinski definition) is 1. The molecule has 2 rings (SSSR count). The van der Waals surface area contributed by atoms with E-state index in [1.54, 1.807) is 11.3 Å². The lowest BCUT2D eigenvalue weighted by Gasteiger charge is -2.47. The van der Waals surface area contributed by atoms with E-state index in [4.69, 9.17) is 16.3 Å². The Bertz CT molecular complexity index is 429. The summed E-state index contributed by atoms with van der Waals surface area (Å²) < 4.78 is 6.95. The molecule has 3 nitrogen and oxygen atoms in total. The zero-order valence-corrected chi connectivity index (χ0v) is 14.4. The van der Waals surface area contributed by atoms with Crippen LogP contribution in [0.3, 0.4) is 0 Å². The molecule has 0 saturated carbocycles. The van der Waals surface area contributed by atoms with Crippen molar-refractivity contribution in [1.29, 1.82) is 0 Å². The molecular weight excluding hydrogens is 292 g/mol. The highest BCUT2D eigenvalue weighted by atomic mass is 35.5. The van der Waals surface area contributed by atoms with Crippen LogP contribution in [0, 0.1) is 0 Å². The Kier molecular flexibility index (Phi) is 5.14. The van der Waals surface area contributed by atoms with Crippen molar-refractivity contribution in [3.63, 3.8) is 0 Å². The van der Waals surface area contributed by atoms with Crippen LogP contribution in [0.2, 0.25) is 4.34 Å². The average molecular weight is 317 g/mol. The number of thiophene rings is 1. The van der Waals surface area contributed by atoms with Crippen LogP contribution in [0.1, 0.15) is 32.6 Å². The molecule has 0 unspecified atom stereocenters. The molecule has 1 aromatic heterocycles. The van der Waals surface area contributed by atoms with E-state index in [1.165, 1.54) is 4.88 Å². The Hall–Kier alpha value is -0.130. The van der Waals surface area contributed by atoms with Gasteiger partial charge in [0.15, 0.2) is 0 Å². The smallest absolute Gasteiger partial charge is 0.0931 e. The van der Waals surface area contributed by atoms with Gasteiger partial charge in [-0.3, -0.25) is 4.90 Å². The fourth-order valence-corrected chi connectivity index (χ4v) is 4.06. The second kappa shape index (κ2) is 6.32. The summed E-state index contributed by atoms with van der Waals surface area (Å²) in [6, 6.07) is 4.04. The largest absolute Gasteiger partial charge is 0.367 e. The third kappa shape index (κ3) is 5.01. The van der Waals surface area contributed by atoms with Gasteiger partial charge in [-0.2, -0.15) is 0 Å². The summed E-state index contributed by atoms with van der Waals surface area (Å²) >= 11 is 7.57. The van der Waals surface area contributed by atoms with Crippen molar-refractivity contribution in [3.8, 4) is 0 Å². The Morgan fingerprint density at radius 1 is 1.25 bits per heavy atom. The first-order valence-electron chi connectivity index (χ1n) is 7.13. The number of hydrogen-bond acceptors (Lipinski definition) is 4. The molecule has 1 N–H and O–H groups in total. The molecule has 0 radical (unpaired) electrons. The van der Waals surface area contributed by atoms with Gasteiger partial charge in [0, 0.05) is 37.6 Å². The quantitative estimate of drug-likeness (QED) is 0.843. The molecule has 1 saturated heterocycles. The lowest BCUT2D eigenvalue weighted by atomic mass is 9.99. The van der Waals surface area contributed by atoms with Crippen molar-refractivity contribution >= 4 is 22.9 Å². The lowest BCUT2D eigenvalue weighted by molar-refractivity contribution is -0.180. The van der Waals surface area contributed by atoms with E-state index in [2.05, 4.69) is 44.0 Å². The molecule has 1 aliphatic rings. The fraction of sp³-hybridized carbons (Fsp3) is 0.733. The third-order valence-corrected chi connectivity index (χ3v) is 4.53. The van der Waals surface area contributed by atoms with E-state index >= 15 is 0 Å². The van der Waals surface area contributed by atoms with Gasteiger partial charge in [0.05, 0.1) is 15.5 Å². The predicted molar refractivity (Wildman–Crippen MR) is 86.7 cm³/mol. The molecular formula is C15H25ClN2OS. The summed E-state index contributed by atoms with van der Waals surface area (Å²) in [6.07, 6.45) is 0. The minimum Gasteiger partial charge on any atom is -0.367 e. The van der Waals surface area contributed by atoms with Gasteiger partial charge < -0.3 is 10.1 Å². The molecule has 1 aromatic rings. The highest BCUT2D eigenvalue weighted by molar-refractivity contribution is 7.16. The summed E-state index contributed by atoms with van der Waals surface area (Å²) in [5, 5.41) is 3.49. The van der Waals surface area contributed by atoms with Crippen molar-refractivity contribution in [2.45, 2.75) is 45.4 Å². The Morgan fingerprint density at radius 3 is 2.45 bits per heavy atom. The van der Waals surface area contributed by atoms with Crippen LogP contribution < -0.4 is 5.32 Å². The van der Waals surface area contributed by atoms with E-state index in [9.17, 15) is 0 Å². The van der Waals surface area contributed by atoms with Gasteiger partial charge in [-0.1, -0.05) is 11.6 Å². The van der Waals surface area contributed by atoms with Gasteiger partial charge in [0.25, 0.3) is 0 Å². The van der Waals surface area contributed by atoms with Gasteiger partial charge in [-0.15, -0.1) is 11.3 Å². The first-order chi connectivity index (χ1) is 9.26. The summed E-state index contributed by atoms with van der Waals surface area (Å²) in [5.74, 6) is 0. The maximum Gasteiger partial charge on any atom is 0.0931 e. The second-order valence-electron chi connectivity index (χ2n) is 6.71. The average Bonchev–Trinajstić information content (AvgIpc) is 2.66. The van der Waals surface area contributed by atoms with Crippen molar-refractivity contribution in [1.82, 2.24) is 10.2 Å². The zero-order valence-electron chi connectivity index (χ0n) is 12.8. The number of halogens is 1. The summed E-state index contributed by atoms with van der Waals surface area (Å²) in [7, 11) is 0. The molecule has 5 heteroatoms. The topological polar surface area (TPSA) is 24.5 Å². The van der Waals surface area contributed by atoms with Gasteiger partial charge in [0.1, 0.15) is 0 Å². The zero-order chi connectivity index (χ0) is 14.8. The highest BCUT2D eigenvalue weighted by Gasteiger charge is 2.37. The second-order valence-corrected chi connectivity index (χ2v) is 8.51. The fourth-order valence-electron chi connectivity index (χ4n) is 3.00. The van der Waals surface area contributed by atoms with Gasteiger partial charge in [-0.05, 0) is 39.8 Å². The maximum absolute atomic E-state index is 6.09. The summed E-state index contributed by atoms with van der Waals surface area (Å²) in [6.45, 7) is 13.6. The highest BCUT2D eigenvalue weighted by Crippen LogP contribution is 2.27. The standard InChI is InChI=1S/C15H25ClN2OS/c1-14(2)10-18(11-15(3,4)19-14)8-7-17-9-12-5-6-13(16)20-12/h5-6,17H,7-11H2,1-4H3. The van der Waals surface area contributed by atoms with E-state index in [-0.39, 0.29) is 11.2 Å². The molecule has 0 aliphatic carbocycles. The molecule has 0 atom stereocenters. The number of ether oxygens (including phenoxy) is 1. The third-order valence-electron chi connectivity index (χ3n) is 3.29. The number of rotatable bonds is 5. The first-order valence-corrected chi connectivity index (χ1v) is 8.33. The van der Waals surface area contributed by atoms with Crippen molar-refractivity contribution in [3.05, 3.63) is 21.3 Å². The minimum atomic E-state index is -0.0664. The van der Waals surface area contributed by atoms with Crippen LogP contribution in [-0.4, -0.2) is 42.3 Å². The van der Waals surface area contributed by atoms with E-state index in [0.717, 1.165) is 37.1 Å². The van der Waals surface area contributed by atoms with Crippen LogP contribution >= 0.6 is 22.9 Å². The van der Waals surface area contributed by atoms with Gasteiger partial charge in [-0.25, -0.2) is 0 Å². The SMILES string of the molecule is CC1(C)CN(CCNCc2ccc(Cl)s2)CC(C)(C)O1. The van der Waals surface area contributed by atoms with Gasteiger partial charge in [0.2, 0.25) is 0 Å². The molecule has 1 fully saturated rings. The molecule has 114 valence electrons. The van der Waals surface area contributed by atoms with Crippen LogP contribution in [0.5, 0.6) is 0 Å². The van der Waals surface area contributed by atoms with Crippen LogP contribution in [0.25, 0.3) is 0 Å². The number of nitrogens with zero attached hydrogens (tertiary/aromatic N) is 1. The predicted octanol–water partition coefficient (Wildman–Crippen LogP) is 3.38. The van der Waals surface area contributed by atoms with Crippen molar-refractivity contribution < 1.29 is 4.74 Å². The van der Waals surface area contributed by atoms with Crippen LogP contribution in [0.4, 0.5) is 0 Å². The van der Waals surface area contributed by atoms with Crippen molar-refractivity contribution in [2.24, 2.45) is 0 Å². The lowest BCUT2D eigenvalue weighted by Crippen LogP contribution is -2.58. The molecule has 0 amide bonds. The molecule has 0 bridgehead atoms. The Balaban J connectivity index is 1.73. The Morgan fingerprint density at radius 2 is 1.90 bits per heavy atom. The molecule has 2 heterocycles. The number of morpholine rings is 1. The van der Waals surface area contributed by atoms with Gasteiger partial charge >= 0.3 is 0 Å². The van der Waals surface area contributed by atoms with Crippen LogP contribution in [-0.2, 0) is 11.3 Å². The maximum atomic E-state index is 6.09. The normalized spacial score (nSPS) is 22.1. The monoisotopic (exact) mass is 316 g/mol. The van der Waals surface area contributed by atoms with E-state index in [1.807, 2.05) is 6.07 Å². The van der Waals surface area contributed by atoms with E-state index < -0.39 is 0 Å². The van der Waals surface area contributed by atoms with Crippen LogP contribution in [0.15, 0.2) is 12.1 Å². The summed E-state index contributed by atoms with van der Waals surface area (Å²) in [5.41, 5.74) is -0.133. The Labute approximate surface area is 131 Å².